The highest BCUT2D eigenvalue weighted by molar-refractivity contribution is 14.0. The summed E-state index contributed by atoms with van der Waals surface area (Å²) in [4.78, 5) is 4.39. The van der Waals surface area contributed by atoms with Crippen LogP contribution in [0.4, 0.5) is 4.39 Å². The monoisotopic (exact) mass is 549 g/mol. The van der Waals surface area contributed by atoms with E-state index in [0.717, 1.165) is 4.47 Å². The largest absolute Gasteiger partial charge is 0.357 e. The summed E-state index contributed by atoms with van der Waals surface area (Å²) in [7, 11) is -2.99. The first-order valence-electron chi connectivity index (χ1n) is 8.04. The number of sulfone groups is 1. The Labute approximate surface area is 175 Å². The van der Waals surface area contributed by atoms with Crippen LogP contribution in [0.5, 0.6) is 0 Å². The van der Waals surface area contributed by atoms with Gasteiger partial charge in [-0.3, -0.25) is 4.99 Å². The van der Waals surface area contributed by atoms with Gasteiger partial charge in [0.25, 0.3) is 0 Å². The van der Waals surface area contributed by atoms with Gasteiger partial charge in [0.1, 0.15) is 5.82 Å². The van der Waals surface area contributed by atoms with Gasteiger partial charge in [-0.1, -0.05) is 28.9 Å². The van der Waals surface area contributed by atoms with Crippen LogP contribution in [0.2, 0.25) is 0 Å². The molecule has 1 aromatic carbocycles. The Morgan fingerprint density at radius 1 is 1.28 bits per heavy atom. The number of nitrogens with zero attached hydrogens (tertiary/aromatic N) is 1. The molecule has 0 heterocycles. The van der Waals surface area contributed by atoms with Crippen LogP contribution in [0.1, 0.15) is 25.8 Å². The molecule has 9 heteroatoms. The van der Waals surface area contributed by atoms with Crippen molar-refractivity contribution in [3.63, 3.8) is 0 Å². The second kappa shape index (κ2) is 12.9. The quantitative estimate of drug-likeness (QED) is 0.215. The third-order valence-electron chi connectivity index (χ3n) is 3.38. The van der Waals surface area contributed by atoms with Crippen LogP contribution in [0.15, 0.2) is 27.7 Å². The summed E-state index contributed by atoms with van der Waals surface area (Å²) in [6.07, 6.45) is 1.31. The Hall–Kier alpha value is -0.420. The predicted octanol–water partition coefficient (Wildman–Crippen LogP) is 3.13. The maximum atomic E-state index is 13.7. The molecule has 0 saturated carbocycles. The third kappa shape index (κ3) is 10.3. The Morgan fingerprint density at radius 3 is 2.60 bits per heavy atom. The van der Waals surface area contributed by atoms with Gasteiger partial charge in [0.15, 0.2) is 15.8 Å². The van der Waals surface area contributed by atoms with Crippen LogP contribution >= 0.6 is 39.9 Å². The minimum absolute atomic E-state index is 0. The zero-order valence-electron chi connectivity index (χ0n) is 14.5. The van der Waals surface area contributed by atoms with Gasteiger partial charge in [0.05, 0.1) is 5.75 Å². The van der Waals surface area contributed by atoms with Crippen molar-refractivity contribution in [1.29, 1.82) is 0 Å². The first-order valence-corrected chi connectivity index (χ1v) is 10.7. The van der Waals surface area contributed by atoms with Crippen LogP contribution < -0.4 is 10.6 Å². The van der Waals surface area contributed by atoms with E-state index >= 15 is 0 Å². The van der Waals surface area contributed by atoms with Crippen LogP contribution in [0.3, 0.4) is 0 Å². The Bertz CT molecular complexity index is 657. The average molecular weight is 550 g/mol. The van der Waals surface area contributed by atoms with E-state index in [4.69, 9.17) is 0 Å². The molecule has 0 aliphatic heterocycles. The average Bonchev–Trinajstić information content (AvgIpc) is 2.53. The number of benzene rings is 1. The maximum Gasteiger partial charge on any atom is 0.191 e. The lowest BCUT2D eigenvalue weighted by molar-refractivity contribution is 0.595. The summed E-state index contributed by atoms with van der Waals surface area (Å²) in [6, 6.07) is 5.04. The minimum Gasteiger partial charge on any atom is -0.357 e. The highest BCUT2D eigenvalue weighted by atomic mass is 127. The lowest BCUT2D eigenvalue weighted by atomic mass is 10.1. The van der Waals surface area contributed by atoms with E-state index in [1.54, 1.807) is 13.0 Å². The van der Waals surface area contributed by atoms with Gasteiger partial charge >= 0.3 is 0 Å². The summed E-state index contributed by atoms with van der Waals surface area (Å²) in [5.74, 6) is 0.585. The molecule has 1 rings (SSSR count). The van der Waals surface area contributed by atoms with Crippen molar-refractivity contribution in [2.75, 3.05) is 31.1 Å². The molecule has 144 valence electrons. The van der Waals surface area contributed by atoms with Crippen molar-refractivity contribution in [2.24, 2.45) is 4.99 Å². The molecule has 0 bridgehead atoms. The van der Waals surface area contributed by atoms with Gasteiger partial charge in [0, 0.05) is 29.9 Å². The van der Waals surface area contributed by atoms with Crippen LogP contribution in [-0.2, 0) is 16.3 Å². The molecule has 0 aromatic heterocycles. The van der Waals surface area contributed by atoms with Gasteiger partial charge in [-0.2, -0.15) is 0 Å². The number of hydrogen-bond donors (Lipinski definition) is 2. The lowest BCUT2D eigenvalue weighted by Gasteiger charge is -2.11. The molecule has 0 aliphatic rings. The maximum absolute atomic E-state index is 13.7. The van der Waals surface area contributed by atoms with Crippen molar-refractivity contribution in [2.45, 2.75) is 26.7 Å². The van der Waals surface area contributed by atoms with E-state index in [1.807, 2.05) is 13.0 Å². The van der Waals surface area contributed by atoms with Gasteiger partial charge in [0.2, 0.25) is 0 Å². The topological polar surface area (TPSA) is 70.6 Å². The molecule has 5 nitrogen and oxygen atoms in total. The van der Waals surface area contributed by atoms with Crippen LogP contribution in [0.25, 0.3) is 0 Å². The Balaban J connectivity index is 0.00000576. The molecule has 0 radical (unpaired) electrons. The molecule has 1 aromatic rings. The fraction of sp³-hybridized carbons (Fsp3) is 0.562. The number of aliphatic imine (C=N–C) groups is 1. The van der Waals surface area contributed by atoms with Crippen molar-refractivity contribution in [1.82, 2.24) is 10.6 Å². The molecule has 0 unspecified atom stereocenters. The first-order chi connectivity index (χ1) is 11.4. The smallest absolute Gasteiger partial charge is 0.191 e. The van der Waals surface area contributed by atoms with Crippen molar-refractivity contribution >= 4 is 55.7 Å². The van der Waals surface area contributed by atoms with Crippen LogP contribution in [0, 0.1) is 5.82 Å². The molecule has 0 saturated heterocycles. The minimum atomic E-state index is -2.99. The molecular weight excluding hydrogens is 524 g/mol. The van der Waals surface area contributed by atoms with E-state index < -0.39 is 9.84 Å². The van der Waals surface area contributed by atoms with E-state index in [0.29, 0.717) is 44.0 Å². The summed E-state index contributed by atoms with van der Waals surface area (Å²) in [5, 5.41) is 6.08. The highest BCUT2D eigenvalue weighted by Crippen LogP contribution is 2.16. The fourth-order valence-electron chi connectivity index (χ4n) is 2.00. The molecular formula is C16H26BrFIN3O2S. The zero-order valence-corrected chi connectivity index (χ0v) is 19.3. The third-order valence-corrected chi connectivity index (χ3v) is 5.58. The number of hydrogen-bond acceptors (Lipinski definition) is 3. The number of aryl methyl sites for hydroxylation is 1. The molecule has 0 fully saturated rings. The molecule has 0 amide bonds. The molecule has 0 aliphatic carbocycles. The van der Waals surface area contributed by atoms with E-state index in [9.17, 15) is 12.8 Å². The lowest BCUT2D eigenvalue weighted by Crippen LogP contribution is -2.39. The number of nitrogens with one attached hydrogen (secondary N) is 2. The number of guanidine groups is 1. The van der Waals surface area contributed by atoms with Crippen molar-refractivity contribution in [3.05, 3.63) is 34.1 Å². The van der Waals surface area contributed by atoms with Gasteiger partial charge < -0.3 is 10.6 Å². The van der Waals surface area contributed by atoms with Gasteiger partial charge in [-0.25, -0.2) is 12.8 Å². The molecule has 2 N–H and O–H groups in total. The SMILES string of the molecule is CCNC(=NCCCc1ccc(Br)cc1F)NCCS(=O)(=O)CC.I. The predicted molar refractivity (Wildman–Crippen MR) is 116 cm³/mol. The van der Waals surface area contributed by atoms with Gasteiger partial charge in [-0.15, -0.1) is 24.0 Å². The fourth-order valence-corrected chi connectivity index (χ4v) is 3.03. The number of rotatable bonds is 9. The van der Waals surface area contributed by atoms with E-state index in [-0.39, 0.29) is 41.3 Å². The zero-order chi connectivity index (χ0) is 18.0. The standard InChI is InChI=1S/C16H25BrFN3O2S.HI/c1-3-19-16(21-10-11-24(22,23)4-2)20-9-5-6-13-7-8-14(17)12-15(13)18;/h7-8,12H,3-6,9-11H2,1-2H3,(H2,19,20,21);1H. The van der Waals surface area contributed by atoms with E-state index in [2.05, 4.69) is 31.6 Å². The first kappa shape index (κ1) is 24.6. The second-order valence-corrected chi connectivity index (χ2v) is 8.65. The molecule has 0 atom stereocenters. The van der Waals surface area contributed by atoms with E-state index in [1.165, 1.54) is 6.07 Å². The van der Waals surface area contributed by atoms with Crippen molar-refractivity contribution < 1.29 is 12.8 Å². The molecule has 25 heavy (non-hydrogen) atoms. The highest BCUT2D eigenvalue weighted by Gasteiger charge is 2.07. The van der Waals surface area contributed by atoms with Gasteiger partial charge in [-0.05, 0) is 37.5 Å². The normalized spacial score (nSPS) is 11.8. The summed E-state index contributed by atoms with van der Waals surface area (Å²) >= 11 is 3.24. The van der Waals surface area contributed by atoms with Crippen molar-refractivity contribution in [3.8, 4) is 0 Å². The van der Waals surface area contributed by atoms with Crippen LogP contribution in [-0.4, -0.2) is 45.5 Å². The Kier molecular flexibility index (Phi) is 12.6. The summed E-state index contributed by atoms with van der Waals surface area (Å²) in [5.41, 5.74) is 0.667. The second-order valence-electron chi connectivity index (χ2n) is 5.26. The Morgan fingerprint density at radius 2 is 2.00 bits per heavy atom. The summed E-state index contributed by atoms with van der Waals surface area (Å²) in [6.45, 7) is 5.12. The molecule has 0 spiro atoms. The number of halogens is 3. The summed E-state index contributed by atoms with van der Waals surface area (Å²) < 4.78 is 37.4.